The summed E-state index contributed by atoms with van der Waals surface area (Å²) in [7, 11) is -1.22. The predicted octanol–water partition coefficient (Wildman–Crippen LogP) is 2.22. The Labute approximate surface area is 77.1 Å². The van der Waals surface area contributed by atoms with Crippen LogP contribution in [0.1, 0.15) is 39.5 Å². The number of hydrogen-bond acceptors (Lipinski definition) is 2. The molecule has 1 rings (SSSR count). The van der Waals surface area contributed by atoms with Gasteiger partial charge in [0.25, 0.3) is 0 Å². The highest BCUT2D eigenvalue weighted by atomic mass is 28.3. The third kappa shape index (κ3) is 3.69. The molecule has 72 valence electrons. The lowest BCUT2D eigenvalue weighted by Crippen LogP contribution is -2.30. The summed E-state index contributed by atoms with van der Waals surface area (Å²) >= 11 is 0. The fourth-order valence-corrected chi connectivity index (χ4v) is 3.64. The molecule has 0 aliphatic carbocycles. The second-order valence-electron chi connectivity index (χ2n) is 3.53. The molecular weight excluding hydrogens is 168 g/mol. The van der Waals surface area contributed by atoms with Crippen molar-refractivity contribution >= 4 is 9.28 Å². The van der Waals surface area contributed by atoms with E-state index in [1.807, 2.05) is 0 Å². The normalized spacial score (nSPS) is 27.0. The second kappa shape index (κ2) is 5.73. The zero-order valence-corrected chi connectivity index (χ0v) is 9.37. The van der Waals surface area contributed by atoms with E-state index < -0.39 is 9.28 Å². The topological polar surface area (TPSA) is 18.5 Å². The van der Waals surface area contributed by atoms with E-state index in [0.717, 1.165) is 6.61 Å². The van der Waals surface area contributed by atoms with Crippen LogP contribution in [0.25, 0.3) is 0 Å². The molecule has 0 N–H and O–H groups in total. The zero-order valence-electron chi connectivity index (χ0n) is 8.21. The summed E-state index contributed by atoms with van der Waals surface area (Å²) in [5.74, 6) is 0. The molecule has 1 heterocycles. The Hall–Kier alpha value is 0.137. The van der Waals surface area contributed by atoms with Crippen molar-refractivity contribution in [3.63, 3.8) is 0 Å². The van der Waals surface area contributed by atoms with Gasteiger partial charge in [-0.05, 0) is 32.2 Å². The Morgan fingerprint density at radius 2 is 2.33 bits per heavy atom. The smallest absolute Gasteiger partial charge is 0.321 e. The number of rotatable bonds is 4. The molecule has 1 aliphatic rings. The van der Waals surface area contributed by atoms with Crippen LogP contribution in [0, 0.1) is 0 Å². The predicted molar refractivity (Wildman–Crippen MR) is 52.6 cm³/mol. The molecule has 0 aromatic heterocycles. The summed E-state index contributed by atoms with van der Waals surface area (Å²) in [6.45, 7) is 5.30. The lowest BCUT2D eigenvalue weighted by Gasteiger charge is -2.24. The molecule has 0 spiro atoms. The van der Waals surface area contributed by atoms with Crippen molar-refractivity contribution in [3.8, 4) is 0 Å². The van der Waals surface area contributed by atoms with E-state index in [0.29, 0.717) is 6.10 Å². The molecule has 1 saturated heterocycles. The Morgan fingerprint density at radius 3 is 2.92 bits per heavy atom. The SMILES string of the molecule is CCCC(C)O[SiH]1CCCCO1. The maximum atomic E-state index is 5.85. The van der Waals surface area contributed by atoms with Crippen LogP contribution in [0.2, 0.25) is 6.04 Å². The monoisotopic (exact) mass is 188 g/mol. The van der Waals surface area contributed by atoms with Crippen LogP contribution >= 0.6 is 0 Å². The van der Waals surface area contributed by atoms with E-state index in [2.05, 4.69) is 13.8 Å². The third-order valence-electron chi connectivity index (χ3n) is 2.22. The van der Waals surface area contributed by atoms with Gasteiger partial charge < -0.3 is 8.85 Å². The van der Waals surface area contributed by atoms with E-state index >= 15 is 0 Å². The maximum absolute atomic E-state index is 5.85. The molecule has 2 unspecified atom stereocenters. The molecule has 3 heteroatoms. The van der Waals surface area contributed by atoms with Crippen LogP contribution < -0.4 is 0 Å². The summed E-state index contributed by atoms with van der Waals surface area (Å²) < 4.78 is 11.5. The first-order valence-electron chi connectivity index (χ1n) is 5.10. The van der Waals surface area contributed by atoms with Crippen LogP contribution in [-0.4, -0.2) is 22.0 Å². The lowest BCUT2D eigenvalue weighted by atomic mass is 10.2. The molecule has 2 nitrogen and oxygen atoms in total. The van der Waals surface area contributed by atoms with Crippen LogP contribution in [0.5, 0.6) is 0 Å². The molecule has 2 atom stereocenters. The average Bonchev–Trinajstić information content (AvgIpc) is 2.06. The molecule has 1 fully saturated rings. The first kappa shape index (κ1) is 10.2. The molecule has 0 amide bonds. The molecule has 1 aliphatic heterocycles. The van der Waals surface area contributed by atoms with Gasteiger partial charge >= 0.3 is 9.28 Å². The second-order valence-corrected chi connectivity index (χ2v) is 5.57. The largest absolute Gasteiger partial charge is 0.397 e. The van der Waals surface area contributed by atoms with Gasteiger partial charge in [-0.1, -0.05) is 13.3 Å². The van der Waals surface area contributed by atoms with Crippen molar-refractivity contribution in [2.45, 2.75) is 51.7 Å². The van der Waals surface area contributed by atoms with Gasteiger partial charge in [0, 0.05) is 12.7 Å². The third-order valence-corrected chi connectivity index (χ3v) is 4.47. The minimum atomic E-state index is -1.22. The quantitative estimate of drug-likeness (QED) is 0.630. The van der Waals surface area contributed by atoms with E-state index in [4.69, 9.17) is 8.85 Å². The highest BCUT2D eigenvalue weighted by Gasteiger charge is 2.19. The van der Waals surface area contributed by atoms with Crippen molar-refractivity contribution in [2.24, 2.45) is 0 Å². The summed E-state index contributed by atoms with van der Waals surface area (Å²) in [5.41, 5.74) is 0. The lowest BCUT2D eigenvalue weighted by molar-refractivity contribution is 0.128. The average molecular weight is 188 g/mol. The first-order chi connectivity index (χ1) is 5.83. The van der Waals surface area contributed by atoms with Crippen LogP contribution in [0.4, 0.5) is 0 Å². The van der Waals surface area contributed by atoms with Gasteiger partial charge in [-0.25, -0.2) is 0 Å². The molecule has 0 aromatic carbocycles. The fourth-order valence-electron chi connectivity index (χ4n) is 1.55. The Kier molecular flexibility index (Phi) is 4.88. The van der Waals surface area contributed by atoms with Crippen LogP contribution in [0.15, 0.2) is 0 Å². The fraction of sp³-hybridized carbons (Fsp3) is 1.00. The van der Waals surface area contributed by atoms with Crippen molar-refractivity contribution in [3.05, 3.63) is 0 Å². The van der Waals surface area contributed by atoms with E-state index in [1.165, 1.54) is 31.7 Å². The van der Waals surface area contributed by atoms with E-state index in [-0.39, 0.29) is 0 Å². The van der Waals surface area contributed by atoms with E-state index in [1.54, 1.807) is 0 Å². The Bertz CT molecular complexity index is 113. The summed E-state index contributed by atoms with van der Waals surface area (Å²) in [6.07, 6.45) is 5.35. The molecule has 0 aromatic rings. The maximum Gasteiger partial charge on any atom is 0.321 e. The molecule has 12 heavy (non-hydrogen) atoms. The molecular formula is C9H20O2Si. The van der Waals surface area contributed by atoms with Gasteiger partial charge in [-0.3, -0.25) is 0 Å². The number of hydrogen-bond donors (Lipinski definition) is 0. The first-order valence-corrected chi connectivity index (χ1v) is 6.86. The van der Waals surface area contributed by atoms with Gasteiger partial charge in [-0.15, -0.1) is 0 Å². The standard InChI is InChI=1S/C9H20O2Si/c1-3-6-9(2)11-12-8-5-4-7-10-12/h9,12H,3-8H2,1-2H3. The van der Waals surface area contributed by atoms with Gasteiger partial charge in [0.1, 0.15) is 0 Å². The van der Waals surface area contributed by atoms with Crippen molar-refractivity contribution < 1.29 is 8.85 Å². The Morgan fingerprint density at radius 1 is 1.50 bits per heavy atom. The minimum Gasteiger partial charge on any atom is -0.397 e. The summed E-state index contributed by atoms with van der Waals surface area (Å²) in [4.78, 5) is 0. The van der Waals surface area contributed by atoms with Gasteiger partial charge in [0.2, 0.25) is 0 Å². The van der Waals surface area contributed by atoms with Gasteiger partial charge in [0.15, 0.2) is 0 Å². The summed E-state index contributed by atoms with van der Waals surface area (Å²) in [5, 5.41) is 0. The van der Waals surface area contributed by atoms with Crippen LogP contribution in [-0.2, 0) is 8.85 Å². The van der Waals surface area contributed by atoms with Crippen molar-refractivity contribution in [2.75, 3.05) is 6.61 Å². The van der Waals surface area contributed by atoms with Crippen LogP contribution in [0.3, 0.4) is 0 Å². The summed E-state index contributed by atoms with van der Waals surface area (Å²) in [6, 6.07) is 1.22. The van der Waals surface area contributed by atoms with E-state index in [9.17, 15) is 0 Å². The van der Waals surface area contributed by atoms with Crippen molar-refractivity contribution in [1.29, 1.82) is 0 Å². The highest BCUT2D eigenvalue weighted by molar-refractivity contribution is 6.44. The van der Waals surface area contributed by atoms with Crippen molar-refractivity contribution in [1.82, 2.24) is 0 Å². The van der Waals surface area contributed by atoms with Gasteiger partial charge in [-0.2, -0.15) is 0 Å². The minimum absolute atomic E-state index is 0.421. The molecule has 0 radical (unpaired) electrons. The Balaban J connectivity index is 2.11. The van der Waals surface area contributed by atoms with Gasteiger partial charge in [0.05, 0.1) is 0 Å². The zero-order chi connectivity index (χ0) is 8.81. The molecule has 0 saturated carbocycles. The molecule has 0 bridgehead atoms. The highest BCUT2D eigenvalue weighted by Crippen LogP contribution is 2.14.